The molecule has 1 rings (SSSR count). The van der Waals surface area contributed by atoms with Gasteiger partial charge >= 0.3 is 18.0 Å². The predicted octanol–water partition coefficient (Wildman–Crippen LogP) is 0.444. The van der Waals surface area contributed by atoms with Gasteiger partial charge in [-0.15, -0.1) is 0 Å². The molecule has 1 heterocycles. The molecular formula is C12H20N2O5. The number of carboxylic acid groups (broad SMARTS) is 1. The van der Waals surface area contributed by atoms with E-state index >= 15 is 0 Å². The lowest BCUT2D eigenvalue weighted by molar-refractivity contribution is -0.147. The number of carboxylic acids is 1. The molecular weight excluding hydrogens is 252 g/mol. The summed E-state index contributed by atoms with van der Waals surface area (Å²) in [4.78, 5) is 35.6. The number of nitrogens with zero attached hydrogens (tertiary/aromatic N) is 1. The third-order valence-corrected chi connectivity index (χ3v) is 3.05. The van der Waals surface area contributed by atoms with E-state index in [2.05, 4.69) is 5.32 Å². The quantitative estimate of drug-likeness (QED) is 0.708. The number of hydrogen-bond acceptors (Lipinski definition) is 4. The molecule has 1 aliphatic rings. The van der Waals surface area contributed by atoms with Crippen LogP contribution < -0.4 is 5.32 Å². The third kappa shape index (κ3) is 4.11. The first-order valence-electron chi connectivity index (χ1n) is 6.41. The van der Waals surface area contributed by atoms with E-state index in [4.69, 9.17) is 9.84 Å². The van der Waals surface area contributed by atoms with E-state index in [1.807, 2.05) is 0 Å². The molecule has 7 nitrogen and oxygen atoms in total. The number of carbonyl (C=O) groups is 3. The Morgan fingerprint density at radius 2 is 2.16 bits per heavy atom. The number of nitrogens with one attached hydrogen (secondary N) is 1. The van der Waals surface area contributed by atoms with Gasteiger partial charge in [0.2, 0.25) is 0 Å². The lowest BCUT2D eigenvalue weighted by Gasteiger charge is -2.23. The van der Waals surface area contributed by atoms with E-state index in [1.165, 1.54) is 11.8 Å². The van der Waals surface area contributed by atoms with Crippen LogP contribution in [0.2, 0.25) is 0 Å². The number of carbonyl (C=O) groups excluding carboxylic acids is 2. The molecule has 7 heteroatoms. The average molecular weight is 272 g/mol. The maximum Gasteiger partial charge on any atom is 0.328 e. The van der Waals surface area contributed by atoms with Gasteiger partial charge in [0.05, 0.1) is 12.5 Å². The Labute approximate surface area is 111 Å². The Balaban J connectivity index is 2.51. The molecule has 0 spiro atoms. The van der Waals surface area contributed by atoms with Crippen molar-refractivity contribution in [2.75, 3.05) is 19.7 Å². The second-order valence-electron chi connectivity index (χ2n) is 4.53. The van der Waals surface area contributed by atoms with Crippen LogP contribution in [0.5, 0.6) is 0 Å². The Morgan fingerprint density at radius 1 is 1.47 bits per heavy atom. The molecule has 2 N–H and O–H groups in total. The second kappa shape index (κ2) is 6.96. The monoisotopic (exact) mass is 272 g/mol. The summed E-state index contributed by atoms with van der Waals surface area (Å²) in [5.74, 6) is -2.03. The summed E-state index contributed by atoms with van der Waals surface area (Å²) in [7, 11) is 0. The minimum atomic E-state index is -0.969. The van der Waals surface area contributed by atoms with Gasteiger partial charge in [0.1, 0.15) is 6.04 Å². The van der Waals surface area contributed by atoms with Crippen molar-refractivity contribution in [3.63, 3.8) is 0 Å². The van der Waals surface area contributed by atoms with Gasteiger partial charge in [0.25, 0.3) is 0 Å². The van der Waals surface area contributed by atoms with Crippen LogP contribution in [0.3, 0.4) is 0 Å². The smallest absolute Gasteiger partial charge is 0.328 e. The molecule has 2 unspecified atom stereocenters. The molecule has 0 aromatic heterocycles. The number of amides is 2. The maximum atomic E-state index is 11.9. The van der Waals surface area contributed by atoms with Crippen molar-refractivity contribution in [2.45, 2.75) is 32.7 Å². The van der Waals surface area contributed by atoms with Crippen molar-refractivity contribution in [1.82, 2.24) is 10.2 Å². The van der Waals surface area contributed by atoms with Crippen molar-refractivity contribution >= 4 is 18.0 Å². The predicted molar refractivity (Wildman–Crippen MR) is 66.6 cm³/mol. The van der Waals surface area contributed by atoms with Crippen LogP contribution in [-0.4, -0.2) is 53.7 Å². The fourth-order valence-electron chi connectivity index (χ4n) is 1.92. The third-order valence-electron chi connectivity index (χ3n) is 3.05. The summed E-state index contributed by atoms with van der Waals surface area (Å²) >= 11 is 0. The Hall–Kier alpha value is -1.79. The zero-order chi connectivity index (χ0) is 14.4. The molecule has 1 aliphatic heterocycles. The van der Waals surface area contributed by atoms with Crippen LogP contribution in [0.1, 0.15) is 26.7 Å². The highest BCUT2D eigenvalue weighted by Gasteiger charge is 2.35. The molecule has 0 bridgehead atoms. The highest BCUT2D eigenvalue weighted by Crippen LogP contribution is 2.18. The summed E-state index contributed by atoms with van der Waals surface area (Å²) in [6.07, 6.45) is 1.33. The Kier molecular flexibility index (Phi) is 5.59. The van der Waals surface area contributed by atoms with Crippen LogP contribution in [0, 0.1) is 5.92 Å². The van der Waals surface area contributed by atoms with Crippen molar-refractivity contribution < 1.29 is 24.2 Å². The summed E-state index contributed by atoms with van der Waals surface area (Å²) < 4.78 is 4.92. The Bertz CT molecular complexity index is 358. The van der Waals surface area contributed by atoms with Gasteiger partial charge in [-0.1, -0.05) is 6.92 Å². The number of urea groups is 1. The number of aliphatic carboxylic acids is 1. The van der Waals surface area contributed by atoms with Crippen molar-refractivity contribution in [2.24, 2.45) is 5.92 Å². The summed E-state index contributed by atoms with van der Waals surface area (Å²) in [5.41, 5.74) is 0. The minimum absolute atomic E-state index is 0.0419. The summed E-state index contributed by atoms with van der Waals surface area (Å²) in [5, 5.41) is 11.3. The molecule has 1 fully saturated rings. The molecule has 1 saturated heterocycles. The van der Waals surface area contributed by atoms with Crippen LogP contribution in [0.25, 0.3) is 0 Å². The fourth-order valence-corrected chi connectivity index (χ4v) is 1.92. The van der Waals surface area contributed by atoms with E-state index in [0.717, 1.165) is 6.42 Å². The highest BCUT2D eigenvalue weighted by molar-refractivity contribution is 5.84. The zero-order valence-corrected chi connectivity index (χ0v) is 11.2. The summed E-state index contributed by atoms with van der Waals surface area (Å²) in [6, 6.07) is -0.969. The molecule has 0 aromatic carbocycles. The first-order chi connectivity index (χ1) is 8.97. The van der Waals surface area contributed by atoms with E-state index < -0.39 is 29.9 Å². The number of esters is 1. The molecule has 2 atom stereocenters. The van der Waals surface area contributed by atoms with Gasteiger partial charge in [-0.2, -0.15) is 0 Å². The first-order valence-corrected chi connectivity index (χ1v) is 6.41. The molecule has 0 saturated carbocycles. The summed E-state index contributed by atoms with van der Waals surface area (Å²) in [6.45, 7) is 4.03. The molecule has 108 valence electrons. The SMILES string of the molecule is CCOC(=O)C1CCCN1C(=O)NCC(C)C(=O)O. The normalized spacial score (nSPS) is 19.9. The van der Waals surface area contributed by atoms with Crippen LogP contribution in [-0.2, 0) is 14.3 Å². The van der Waals surface area contributed by atoms with Gasteiger partial charge in [-0.05, 0) is 19.8 Å². The van der Waals surface area contributed by atoms with E-state index in [0.29, 0.717) is 13.0 Å². The highest BCUT2D eigenvalue weighted by atomic mass is 16.5. The lowest BCUT2D eigenvalue weighted by atomic mass is 10.2. The first kappa shape index (κ1) is 15.3. The molecule has 0 radical (unpaired) electrons. The Morgan fingerprint density at radius 3 is 2.74 bits per heavy atom. The van der Waals surface area contributed by atoms with Gasteiger partial charge in [-0.25, -0.2) is 9.59 Å². The lowest BCUT2D eigenvalue weighted by Crippen LogP contribution is -2.47. The molecule has 0 aliphatic carbocycles. The van der Waals surface area contributed by atoms with E-state index in [1.54, 1.807) is 6.92 Å². The zero-order valence-electron chi connectivity index (χ0n) is 11.2. The molecule has 2 amide bonds. The second-order valence-corrected chi connectivity index (χ2v) is 4.53. The number of ether oxygens (including phenoxy) is 1. The van der Waals surface area contributed by atoms with E-state index in [9.17, 15) is 14.4 Å². The van der Waals surface area contributed by atoms with Crippen molar-refractivity contribution in [3.8, 4) is 0 Å². The standard InChI is InChI=1S/C12H20N2O5/c1-3-19-11(17)9-5-4-6-14(9)12(18)13-7-8(2)10(15)16/h8-9H,3-7H2,1-2H3,(H,13,18)(H,15,16). The van der Waals surface area contributed by atoms with Gasteiger partial charge in [0.15, 0.2) is 0 Å². The fraction of sp³-hybridized carbons (Fsp3) is 0.750. The van der Waals surface area contributed by atoms with Gasteiger partial charge < -0.3 is 20.1 Å². The average Bonchev–Trinajstić information content (AvgIpc) is 2.84. The number of likely N-dealkylation sites (tertiary alicyclic amines) is 1. The largest absolute Gasteiger partial charge is 0.481 e. The van der Waals surface area contributed by atoms with Crippen molar-refractivity contribution in [3.05, 3.63) is 0 Å². The molecule has 19 heavy (non-hydrogen) atoms. The topological polar surface area (TPSA) is 95.9 Å². The maximum absolute atomic E-state index is 11.9. The number of hydrogen-bond donors (Lipinski definition) is 2. The van der Waals surface area contributed by atoms with Crippen LogP contribution in [0.4, 0.5) is 4.79 Å². The van der Waals surface area contributed by atoms with Crippen molar-refractivity contribution in [1.29, 1.82) is 0 Å². The molecule has 0 aromatic rings. The van der Waals surface area contributed by atoms with E-state index in [-0.39, 0.29) is 13.2 Å². The van der Waals surface area contributed by atoms with Gasteiger partial charge in [-0.3, -0.25) is 4.79 Å². The van der Waals surface area contributed by atoms with Crippen LogP contribution in [0.15, 0.2) is 0 Å². The minimum Gasteiger partial charge on any atom is -0.481 e. The van der Waals surface area contributed by atoms with Gasteiger partial charge in [0, 0.05) is 13.1 Å². The number of rotatable bonds is 5. The van der Waals surface area contributed by atoms with Crippen LogP contribution >= 0.6 is 0 Å².